The van der Waals surface area contributed by atoms with Gasteiger partial charge in [-0.15, -0.1) is 0 Å². The van der Waals surface area contributed by atoms with Crippen LogP contribution in [0.4, 0.5) is 0 Å². The summed E-state index contributed by atoms with van der Waals surface area (Å²) in [6.45, 7) is 7.66. The number of hydrogen-bond donors (Lipinski definition) is 2. The molecule has 3 saturated carbocycles. The zero-order valence-corrected chi connectivity index (χ0v) is 21.0. The molecule has 0 amide bonds. The number of methoxy groups -OCH3 is 1. The number of ether oxygens (including phenoxy) is 2. The molecule has 4 aliphatic rings. The number of carbonyl (C=O) groups is 3. The summed E-state index contributed by atoms with van der Waals surface area (Å²) in [6.07, 6.45) is 2.31. The van der Waals surface area contributed by atoms with Crippen molar-refractivity contribution in [3.63, 3.8) is 0 Å². The Balaban J connectivity index is 1.61. The van der Waals surface area contributed by atoms with E-state index in [0.717, 1.165) is 12.0 Å². The summed E-state index contributed by atoms with van der Waals surface area (Å²) in [4.78, 5) is 39.3. The second-order valence-electron chi connectivity index (χ2n) is 12.3. The van der Waals surface area contributed by atoms with Gasteiger partial charge in [0.05, 0.1) is 25.7 Å². The van der Waals surface area contributed by atoms with Crippen molar-refractivity contribution in [3.05, 3.63) is 24.2 Å². The standard InChI is InChI=1S/C27H36O8/c1-25(2)20(19(29)24(32)33-5)27(4)16-6-8-26(3)17(14(16)10-15(21(25)30)22(27)31)11-18(28)35-23(26)13-7-9-34-12-13/h7,9,12,14-17,19-21,23,29-30H,6,8,10-11H2,1-5H3/t14-,15+,16+,17+,19+,20+,21-,23+,26-,27-/m1/s1. The van der Waals surface area contributed by atoms with Crippen LogP contribution >= 0.6 is 0 Å². The zero-order chi connectivity index (χ0) is 25.5. The van der Waals surface area contributed by atoms with Gasteiger partial charge in [-0.3, -0.25) is 9.59 Å². The fraction of sp³-hybridized carbons (Fsp3) is 0.741. The van der Waals surface area contributed by atoms with Crippen molar-refractivity contribution in [2.24, 2.45) is 45.8 Å². The van der Waals surface area contributed by atoms with Gasteiger partial charge in [-0.1, -0.05) is 27.7 Å². The van der Waals surface area contributed by atoms with Gasteiger partial charge in [0.2, 0.25) is 0 Å². The topological polar surface area (TPSA) is 123 Å². The van der Waals surface area contributed by atoms with Gasteiger partial charge in [0.15, 0.2) is 6.10 Å². The van der Waals surface area contributed by atoms with Gasteiger partial charge in [0.1, 0.15) is 11.9 Å². The van der Waals surface area contributed by atoms with Crippen molar-refractivity contribution in [3.8, 4) is 0 Å². The molecule has 0 radical (unpaired) electrons. The lowest BCUT2D eigenvalue weighted by Crippen LogP contribution is -2.71. The van der Waals surface area contributed by atoms with Gasteiger partial charge in [-0.05, 0) is 48.5 Å². The predicted octanol–water partition coefficient (Wildman–Crippen LogP) is 3.06. The Morgan fingerprint density at radius 3 is 2.54 bits per heavy atom. The maximum atomic E-state index is 13.9. The predicted molar refractivity (Wildman–Crippen MR) is 122 cm³/mol. The number of aliphatic hydroxyl groups is 2. The molecule has 0 spiro atoms. The van der Waals surface area contributed by atoms with Gasteiger partial charge in [0, 0.05) is 34.7 Å². The molecule has 1 aromatic rings. The maximum Gasteiger partial charge on any atom is 0.335 e. The second-order valence-corrected chi connectivity index (χ2v) is 12.3. The summed E-state index contributed by atoms with van der Waals surface area (Å²) in [5.41, 5.74) is -1.47. The van der Waals surface area contributed by atoms with E-state index >= 15 is 0 Å². The average Bonchev–Trinajstić information content (AvgIpc) is 3.34. The van der Waals surface area contributed by atoms with E-state index in [1.54, 1.807) is 12.5 Å². The molecule has 8 nitrogen and oxygen atoms in total. The number of aliphatic hydroxyl groups excluding tert-OH is 2. The van der Waals surface area contributed by atoms with Crippen LogP contribution in [0.2, 0.25) is 0 Å². The van der Waals surface area contributed by atoms with Gasteiger partial charge in [-0.2, -0.15) is 0 Å². The van der Waals surface area contributed by atoms with Crippen molar-refractivity contribution < 1.29 is 38.5 Å². The van der Waals surface area contributed by atoms with Crippen LogP contribution in [0.1, 0.15) is 65.0 Å². The molecular weight excluding hydrogens is 452 g/mol. The minimum Gasteiger partial charge on any atom is -0.472 e. The molecule has 10 atom stereocenters. The van der Waals surface area contributed by atoms with E-state index in [0.29, 0.717) is 12.8 Å². The summed E-state index contributed by atoms with van der Waals surface area (Å²) in [7, 11) is 1.21. The monoisotopic (exact) mass is 488 g/mol. The minimum absolute atomic E-state index is 0.0400. The lowest BCUT2D eigenvalue weighted by molar-refractivity contribution is -0.237. The number of fused-ring (bicyclic) bond motifs is 6. The van der Waals surface area contributed by atoms with Crippen LogP contribution in [-0.4, -0.2) is 47.3 Å². The number of carbonyl (C=O) groups excluding carboxylic acids is 3. The molecule has 0 aromatic carbocycles. The van der Waals surface area contributed by atoms with Crippen LogP contribution in [0.5, 0.6) is 0 Å². The Labute approximate surface area is 205 Å². The van der Waals surface area contributed by atoms with E-state index in [1.165, 1.54) is 7.11 Å². The Hall–Kier alpha value is -2.19. The van der Waals surface area contributed by atoms with Crippen LogP contribution in [0.25, 0.3) is 0 Å². The highest BCUT2D eigenvalue weighted by Crippen LogP contribution is 2.69. The number of ketones is 1. The second kappa shape index (κ2) is 7.90. The van der Waals surface area contributed by atoms with Crippen LogP contribution in [0.3, 0.4) is 0 Å². The van der Waals surface area contributed by atoms with Gasteiger partial charge in [-0.25, -0.2) is 4.79 Å². The molecule has 1 saturated heterocycles. The number of rotatable bonds is 3. The molecule has 3 aliphatic carbocycles. The van der Waals surface area contributed by atoms with E-state index in [2.05, 4.69) is 6.92 Å². The van der Waals surface area contributed by atoms with Crippen molar-refractivity contribution in [2.75, 3.05) is 7.11 Å². The first kappa shape index (κ1) is 24.5. The average molecular weight is 489 g/mol. The number of furan rings is 1. The van der Waals surface area contributed by atoms with Crippen LogP contribution < -0.4 is 0 Å². The normalized spacial score (nSPS) is 45.1. The Kier molecular flexibility index (Phi) is 5.53. The summed E-state index contributed by atoms with van der Waals surface area (Å²) in [5, 5.41) is 22.6. The Bertz CT molecular complexity index is 1030. The number of Topliss-reactive ketones (excluding diaryl/α,β-unsaturated/α-hetero) is 1. The molecule has 192 valence electrons. The van der Waals surface area contributed by atoms with Crippen LogP contribution in [-0.2, 0) is 23.9 Å². The van der Waals surface area contributed by atoms with E-state index in [4.69, 9.17) is 13.9 Å². The highest BCUT2D eigenvalue weighted by Gasteiger charge is 2.71. The zero-order valence-electron chi connectivity index (χ0n) is 21.0. The molecule has 4 fully saturated rings. The minimum atomic E-state index is -1.54. The molecule has 8 heteroatoms. The van der Waals surface area contributed by atoms with Crippen LogP contribution in [0, 0.1) is 45.8 Å². The fourth-order valence-electron chi connectivity index (χ4n) is 8.89. The first-order valence-electron chi connectivity index (χ1n) is 12.6. The van der Waals surface area contributed by atoms with Gasteiger partial charge < -0.3 is 24.1 Å². The Morgan fingerprint density at radius 1 is 1.20 bits per heavy atom. The number of cyclic esters (lactones) is 1. The molecule has 0 unspecified atom stereocenters. The third kappa shape index (κ3) is 3.14. The molecule has 1 aromatic heterocycles. The quantitative estimate of drug-likeness (QED) is 0.623. The van der Waals surface area contributed by atoms with E-state index < -0.39 is 46.9 Å². The summed E-state index contributed by atoms with van der Waals surface area (Å²) >= 11 is 0. The largest absolute Gasteiger partial charge is 0.472 e. The first-order valence-corrected chi connectivity index (χ1v) is 12.6. The number of hydrogen-bond acceptors (Lipinski definition) is 8. The molecule has 35 heavy (non-hydrogen) atoms. The molecule has 2 bridgehead atoms. The van der Waals surface area contributed by atoms with E-state index in [-0.39, 0.29) is 41.3 Å². The lowest BCUT2D eigenvalue weighted by atomic mass is 9.37. The van der Waals surface area contributed by atoms with Crippen molar-refractivity contribution in [2.45, 2.75) is 71.7 Å². The highest BCUT2D eigenvalue weighted by atomic mass is 16.5. The third-order valence-corrected chi connectivity index (χ3v) is 10.5. The fourth-order valence-corrected chi connectivity index (χ4v) is 8.89. The smallest absolute Gasteiger partial charge is 0.335 e. The molecule has 2 heterocycles. The lowest BCUT2D eigenvalue weighted by Gasteiger charge is -2.67. The highest BCUT2D eigenvalue weighted by molar-refractivity contribution is 5.91. The summed E-state index contributed by atoms with van der Waals surface area (Å²) in [5.74, 6) is -2.86. The van der Waals surface area contributed by atoms with Gasteiger partial charge in [0.25, 0.3) is 0 Å². The van der Waals surface area contributed by atoms with E-state index in [9.17, 15) is 24.6 Å². The molecule has 1 aliphatic heterocycles. The first-order chi connectivity index (χ1) is 16.4. The van der Waals surface area contributed by atoms with Gasteiger partial charge >= 0.3 is 11.9 Å². The summed E-state index contributed by atoms with van der Waals surface area (Å²) < 4.78 is 16.0. The van der Waals surface area contributed by atoms with Crippen molar-refractivity contribution >= 4 is 17.7 Å². The SMILES string of the molecule is COC(=O)[C@@H](O)[C@H]1C(C)(C)[C@H](O)[C@@H]2C[C@H]3[C@@H]4CC(=O)O[C@@H](c5ccoc5)[C@]4(C)CC[C@@H]3[C@@]1(C)C2=O. The third-order valence-electron chi connectivity index (χ3n) is 10.5. The van der Waals surface area contributed by atoms with Crippen molar-refractivity contribution in [1.82, 2.24) is 0 Å². The Morgan fingerprint density at radius 2 is 1.91 bits per heavy atom. The molecule has 5 rings (SSSR count). The molecular formula is C27H36O8. The number of esters is 2. The summed E-state index contributed by atoms with van der Waals surface area (Å²) in [6, 6.07) is 1.83. The van der Waals surface area contributed by atoms with Crippen molar-refractivity contribution in [1.29, 1.82) is 0 Å². The molecule has 2 N–H and O–H groups in total. The van der Waals surface area contributed by atoms with Crippen LogP contribution in [0.15, 0.2) is 23.0 Å². The maximum absolute atomic E-state index is 13.9. The van der Waals surface area contributed by atoms with E-state index in [1.807, 2.05) is 26.8 Å².